The van der Waals surface area contributed by atoms with Crippen molar-refractivity contribution in [3.8, 4) is 22.5 Å². The van der Waals surface area contributed by atoms with Crippen LogP contribution in [0.1, 0.15) is 5.56 Å². The van der Waals surface area contributed by atoms with Crippen LogP contribution in [-0.4, -0.2) is 21.1 Å². The largest absolute Gasteiger partial charge is 0.250 e. The van der Waals surface area contributed by atoms with Gasteiger partial charge in [0.15, 0.2) is 5.82 Å². The molecule has 3 aromatic carbocycles. The summed E-state index contributed by atoms with van der Waals surface area (Å²) < 4.78 is 15.8. The summed E-state index contributed by atoms with van der Waals surface area (Å²) in [6, 6.07) is 24.5. The number of hydrogen-bond donors (Lipinski definition) is 1. The highest BCUT2D eigenvalue weighted by Gasteiger charge is 2.12. The molecule has 1 heterocycles. The molecule has 1 N–H and O–H groups in total. The molecule has 6 heteroatoms. The molecule has 0 radical (unpaired) electrons. The molecule has 0 saturated carbocycles. The van der Waals surface area contributed by atoms with Crippen LogP contribution in [-0.2, 0) is 0 Å². The minimum absolute atomic E-state index is 0.297. The summed E-state index contributed by atoms with van der Waals surface area (Å²) in [6.45, 7) is 0. The van der Waals surface area contributed by atoms with Crippen LogP contribution in [0.3, 0.4) is 0 Å². The van der Waals surface area contributed by atoms with Gasteiger partial charge in [-0.2, -0.15) is 14.9 Å². The summed E-state index contributed by atoms with van der Waals surface area (Å²) in [4.78, 5) is 0. The number of hydrogen-bond acceptors (Lipinski definition) is 3. The van der Waals surface area contributed by atoms with E-state index >= 15 is 0 Å². The van der Waals surface area contributed by atoms with E-state index in [2.05, 4.69) is 27.4 Å². The lowest BCUT2D eigenvalue weighted by molar-refractivity contribution is 0.628. The van der Waals surface area contributed by atoms with Crippen molar-refractivity contribution in [3.63, 3.8) is 0 Å². The number of halogens is 1. The Kier molecular flexibility index (Phi) is 4.72. The van der Waals surface area contributed by atoms with Gasteiger partial charge in [0.05, 0.1) is 11.8 Å². The lowest BCUT2D eigenvalue weighted by Gasteiger charge is -2.03. The Morgan fingerprint density at radius 1 is 0.889 bits per heavy atom. The van der Waals surface area contributed by atoms with Gasteiger partial charge < -0.3 is 0 Å². The van der Waals surface area contributed by atoms with E-state index in [0.717, 1.165) is 16.7 Å². The van der Waals surface area contributed by atoms with Crippen molar-refractivity contribution in [2.45, 2.75) is 0 Å². The van der Waals surface area contributed by atoms with Gasteiger partial charge >= 0.3 is 0 Å². The molecule has 4 nitrogen and oxygen atoms in total. The number of rotatable bonds is 4. The Bertz CT molecular complexity index is 1140. The quantitative estimate of drug-likeness (QED) is 0.389. The predicted molar refractivity (Wildman–Crippen MR) is 108 cm³/mol. The molecule has 4 rings (SSSR count). The molecule has 132 valence electrons. The van der Waals surface area contributed by atoms with Gasteiger partial charge in [-0.1, -0.05) is 66.7 Å². The third kappa shape index (κ3) is 3.61. The van der Waals surface area contributed by atoms with Crippen LogP contribution in [0.4, 0.5) is 4.39 Å². The predicted octanol–water partition coefficient (Wildman–Crippen LogP) is 5.30. The van der Waals surface area contributed by atoms with Crippen LogP contribution in [0.25, 0.3) is 22.5 Å². The molecule has 0 bridgehead atoms. The Balaban J connectivity index is 1.64. The second-order valence-corrected chi connectivity index (χ2v) is 6.26. The van der Waals surface area contributed by atoms with E-state index in [-0.39, 0.29) is 5.82 Å². The molecular formula is C21H15FN4S. The summed E-state index contributed by atoms with van der Waals surface area (Å²) in [6.07, 6.45) is 1.67. The lowest BCUT2D eigenvalue weighted by atomic mass is 10.0. The van der Waals surface area contributed by atoms with Crippen molar-refractivity contribution >= 4 is 18.4 Å². The number of H-pyrrole nitrogens is 1. The first-order chi connectivity index (χ1) is 13.2. The topological polar surface area (TPSA) is 46.0 Å². The van der Waals surface area contributed by atoms with Crippen molar-refractivity contribution in [3.05, 3.63) is 95.0 Å². The second-order valence-electron chi connectivity index (χ2n) is 5.88. The van der Waals surface area contributed by atoms with Crippen LogP contribution in [0.2, 0.25) is 0 Å². The standard InChI is InChI=1S/C21H15FN4S/c22-19-9-5-4-8-18(19)20-24-25-21(27)26(20)23-14-15-10-12-17(13-11-15)16-6-2-1-3-7-16/h1-14H,(H,25,27)/b23-14+. The maximum atomic E-state index is 14.1. The highest BCUT2D eigenvalue weighted by atomic mass is 32.1. The fourth-order valence-corrected chi connectivity index (χ4v) is 2.91. The van der Waals surface area contributed by atoms with Gasteiger partial charge in [-0.05, 0) is 41.0 Å². The Morgan fingerprint density at radius 3 is 2.30 bits per heavy atom. The first kappa shape index (κ1) is 17.1. The Hall–Kier alpha value is -3.38. The van der Waals surface area contributed by atoms with E-state index in [4.69, 9.17) is 12.2 Å². The van der Waals surface area contributed by atoms with Gasteiger partial charge in [0.25, 0.3) is 0 Å². The molecule has 0 aliphatic rings. The molecule has 0 unspecified atom stereocenters. The van der Waals surface area contributed by atoms with Gasteiger partial charge in [-0.3, -0.25) is 0 Å². The van der Waals surface area contributed by atoms with Crippen molar-refractivity contribution in [2.75, 3.05) is 0 Å². The van der Waals surface area contributed by atoms with Crippen LogP contribution in [0.5, 0.6) is 0 Å². The molecule has 0 atom stereocenters. The molecular weight excluding hydrogens is 359 g/mol. The van der Waals surface area contributed by atoms with Gasteiger partial charge in [-0.15, -0.1) is 0 Å². The van der Waals surface area contributed by atoms with E-state index in [9.17, 15) is 4.39 Å². The zero-order valence-corrected chi connectivity index (χ0v) is 15.0. The SMILES string of the molecule is Fc1ccccc1-c1n[nH]c(=S)n1/N=C/c1ccc(-c2ccccc2)cc1. The first-order valence-corrected chi connectivity index (χ1v) is 8.75. The minimum Gasteiger partial charge on any atom is -0.250 e. The van der Waals surface area contributed by atoms with Crippen LogP contribution in [0.15, 0.2) is 84.0 Å². The zero-order valence-electron chi connectivity index (χ0n) is 14.2. The third-order valence-corrected chi connectivity index (χ3v) is 4.37. The first-order valence-electron chi connectivity index (χ1n) is 8.34. The van der Waals surface area contributed by atoms with Crippen LogP contribution < -0.4 is 0 Å². The maximum absolute atomic E-state index is 14.1. The molecule has 0 aliphatic heterocycles. The fourth-order valence-electron chi connectivity index (χ4n) is 2.73. The second kappa shape index (κ2) is 7.47. The summed E-state index contributed by atoms with van der Waals surface area (Å²) >= 11 is 5.22. The van der Waals surface area contributed by atoms with Gasteiger partial charge in [0.2, 0.25) is 4.77 Å². The minimum atomic E-state index is -0.379. The summed E-state index contributed by atoms with van der Waals surface area (Å²) in [7, 11) is 0. The molecule has 0 aliphatic carbocycles. The monoisotopic (exact) mass is 374 g/mol. The normalized spacial score (nSPS) is 11.1. The summed E-state index contributed by atoms with van der Waals surface area (Å²) in [5, 5.41) is 11.2. The lowest BCUT2D eigenvalue weighted by Crippen LogP contribution is -1.96. The van der Waals surface area contributed by atoms with E-state index in [0.29, 0.717) is 16.2 Å². The zero-order chi connectivity index (χ0) is 18.6. The Labute approximate surface area is 160 Å². The van der Waals surface area contributed by atoms with E-state index in [1.165, 1.54) is 10.7 Å². The molecule has 0 amide bonds. The molecule has 1 aromatic heterocycles. The van der Waals surface area contributed by atoms with Crippen LogP contribution >= 0.6 is 12.2 Å². The van der Waals surface area contributed by atoms with Gasteiger partial charge in [-0.25, -0.2) is 9.49 Å². The summed E-state index contributed by atoms with van der Waals surface area (Å²) in [5.74, 6) is -0.0505. The average Bonchev–Trinajstić information content (AvgIpc) is 3.08. The van der Waals surface area contributed by atoms with Crippen molar-refractivity contribution in [2.24, 2.45) is 5.10 Å². The number of nitrogens with one attached hydrogen (secondary N) is 1. The average molecular weight is 374 g/mol. The molecule has 27 heavy (non-hydrogen) atoms. The maximum Gasteiger partial charge on any atom is 0.216 e. The van der Waals surface area contributed by atoms with E-state index < -0.39 is 0 Å². The highest BCUT2D eigenvalue weighted by molar-refractivity contribution is 7.71. The highest BCUT2D eigenvalue weighted by Crippen LogP contribution is 2.21. The van der Waals surface area contributed by atoms with Crippen LogP contribution in [0, 0.1) is 10.6 Å². The van der Waals surface area contributed by atoms with Crippen molar-refractivity contribution in [1.29, 1.82) is 0 Å². The molecule has 0 saturated heterocycles. The van der Waals surface area contributed by atoms with Crippen molar-refractivity contribution in [1.82, 2.24) is 14.9 Å². The molecule has 0 fully saturated rings. The van der Waals surface area contributed by atoms with Gasteiger partial charge in [0.1, 0.15) is 5.82 Å². The molecule has 4 aromatic rings. The number of aromatic nitrogens is 3. The Morgan fingerprint density at radius 2 is 1.56 bits per heavy atom. The third-order valence-electron chi connectivity index (χ3n) is 4.11. The van der Waals surface area contributed by atoms with Crippen molar-refractivity contribution < 1.29 is 4.39 Å². The number of aromatic amines is 1. The molecule has 0 spiro atoms. The smallest absolute Gasteiger partial charge is 0.216 e. The fraction of sp³-hybridized carbons (Fsp3) is 0. The summed E-state index contributed by atoms with van der Waals surface area (Å²) in [5.41, 5.74) is 3.51. The number of nitrogens with zero attached hydrogens (tertiary/aromatic N) is 3. The van der Waals surface area contributed by atoms with Gasteiger partial charge in [0, 0.05) is 0 Å². The van der Waals surface area contributed by atoms with E-state index in [1.54, 1.807) is 24.4 Å². The van der Waals surface area contributed by atoms with E-state index in [1.807, 2.05) is 42.5 Å². The number of benzene rings is 3.